The van der Waals surface area contributed by atoms with Crippen molar-refractivity contribution in [3.63, 3.8) is 0 Å². The Morgan fingerprint density at radius 1 is 1.39 bits per heavy atom. The molecule has 1 spiro atoms. The number of nitrogen functional groups attached to an aromatic ring is 1. The number of nitrogens with zero attached hydrogens (tertiary/aromatic N) is 4. The molecule has 0 aromatic carbocycles. The number of halogens is 4. The Hall–Kier alpha value is -2.41. The molecule has 2 aliphatic heterocycles. The van der Waals surface area contributed by atoms with Crippen molar-refractivity contribution >= 4 is 28.9 Å². The number of rotatable bonds is 3. The first-order chi connectivity index (χ1) is 14.5. The van der Waals surface area contributed by atoms with E-state index in [0.717, 1.165) is 0 Å². The molecule has 0 radical (unpaired) electrons. The highest BCUT2D eigenvalue weighted by Crippen LogP contribution is 2.39. The van der Waals surface area contributed by atoms with Crippen LogP contribution in [0.3, 0.4) is 0 Å². The highest BCUT2D eigenvalue weighted by Gasteiger charge is 2.47. The molecule has 5 N–H and O–H groups in total. The minimum atomic E-state index is -4.30. The summed E-state index contributed by atoms with van der Waals surface area (Å²) in [4.78, 5) is 22.4. The maximum atomic E-state index is 13.4. The average Bonchev–Trinajstić information content (AvgIpc) is 2.96. The Labute approximate surface area is 180 Å². The quantitative estimate of drug-likeness (QED) is 0.548. The molecule has 2 aromatic rings. The normalized spacial score (nSPS) is 20.8. The fourth-order valence-electron chi connectivity index (χ4n) is 4.30. The van der Waals surface area contributed by atoms with Crippen LogP contribution in [-0.2, 0) is 5.66 Å². The Morgan fingerprint density at radius 3 is 2.71 bits per heavy atom. The minimum Gasteiger partial charge on any atom is -0.382 e. The van der Waals surface area contributed by atoms with Gasteiger partial charge in [0.1, 0.15) is 34.7 Å². The molecular weight excluding hydrogens is 439 g/mol. The standard InChI is InChI=1S/C18H21ClF3N7O2/c1-9-6-10(26-14-11(19)13(23)24-8-25-14)16(31)29-12(9)15(30)27-17(29)2-4-28(5-3-17)7-18(20,21)22/h6,8,15,27,30H,2-5,7H2,1H3,(H3,23,24,25,26). The number of anilines is 3. The van der Waals surface area contributed by atoms with Gasteiger partial charge in [-0.2, -0.15) is 13.2 Å². The number of nitrogens with one attached hydrogen (secondary N) is 2. The molecule has 2 aliphatic rings. The maximum absolute atomic E-state index is 13.4. The van der Waals surface area contributed by atoms with Crippen LogP contribution in [0.5, 0.6) is 0 Å². The lowest BCUT2D eigenvalue weighted by Crippen LogP contribution is -2.55. The molecule has 4 rings (SSSR count). The summed E-state index contributed by atoms with van der Waals surface area (Å²) >= 11 is 6.12. The van der Waals surface area contributed by atoms with Gasteiger partial charge in [0, 0.05) is 13.1 Å². The Kier molecular flexibility index (Phi) is 5.36. The first-order valence-corrected chi connectivity index (χ1v) is 9.93. The number of likely N-dealkylation sites (tertiary alicyclic amines) is 1. The van der Waals surface area contributed by atoms with E-state index < -0.39 is 30.2 Å². The predicted octanol–water partition coefficient (Wildman–Crippen LogP) is 1.83. The first-order valence-electron chi connectivity index (χ1n) is 9.56. The highest BCUT2D eigenvalue weighted by atomic mass is 35.5. The van der Waals surface area contributed by atoms with Crippen molar-refractivity contribution in [3.05, 3.63) is 39.0 Å². The van der Waals surface area contributed by atoms with Gasteiger partial charge in [-0.3, -0.25) is 19.6 Å². The van der Waals surface area contributed by atoms with Crippen LogP contribution in [0.15, 0.2) is 17.2 Å². The van der Waals surface area contributed by atoms with Gasteiger partial charge in [0.05, 0.1) is 12.2 Å². The van der Waals surface area contributed by atoms with Crippen molar-refractivity contribution in [2.45, 2.75) is 37.8 Å². The lowest BCUT2D eigenvalue weighted by molar-refractivity contribution is -0.151. The molecule has 4 heterocycles. The van der Waals surface area contributed by atoms with E-state index in [2.05, 4.69) is 20.6 Å². The number of hydrogen-bond donors (Lipinski definition) is 4. The van der Waals surface area contributed by atoms with Crippen LogP contribution >= 0.6 is 11.6 Å². The van der Waals surface area contributed by atoms with Crippen molar-refractivity contribution in [1.29, 1.82) is 0 Å². The van der Waals surface area contributed by atoms with E-state index in [1.54, 1.807) is 13.0 Å². The van der Waals surface area contributed by atoms with Crippen LogP contribution in [0.25, 0.3) is 0 Å². The molecule has 9 nitrogen and oxygen atoms in total. The average molecular weight is 460 g/mol. The number of fused-ring (bicyclic) bond motifs is 2. The second-order valence-corrected chi connectivity index (χ2v) is 8.16. The number of aromatic nitrogens is 3. The molecule has 0 bridgehead atoms. The van der Waals surface area contributed by atoms with Crippen LogP contribution in [0.2, 0.25) is 5.02 Å². The third-order valence-corrected chi connectivity index (χ3v) is 6.06. The fourth-order valence-corrected chi connectivity index (χ4v) is 4.44. The van der Waals surface area contributed by atoms with Crippen LogP contribution in [0, 0.1) is 6.92 Å². The van der Waals surface area contributed by atoms with E-state index in [4.69, 9.17) is 17.3 Å². The van der Waals surface area contributed by atoms with Crippen LogP contribution < -0.4 is 21.9 Å². The second-order valence-electron chi connectivity index (χ2n) is 7.78. The zero-order valence-electron chi connectivity index (χ0n) is 16.5. The molecule has 31 heavy (non-hydrogen) atoms. The van der Waals surface area contributed by atoms with Crippen molar-refractivity contribution in [1.82, 2.24) is 24.8 Å². The third kappa shape index (κ3) is 3.95. The van der Waals surface area contributed by atoms with Crippen molar-refractivity contribution in [3.8, 4) is 0 Å². The summed E-state index contributed by atoms with van der Waals surface area (Å²) in [6, 6.07) is 1.56. The number of hydrogen-bond acceptors (Lipinski definition) is 8. The van der Waals surface area contributed by atoms with Crippen molar-refractivity contribution < 1.29 is 18.3 Å². The van der Waals surface area contributed by atoms with E-state index in [1.165, 1.54) is 15.8 Å². The Balaban J connectivity index is 1.70. The molecule has 13 heteroatoms. The molecule has 1 fully saturated rings. The summed E-state index contributed by atoms with van der Waals surface area (Å²) in [6.07, 6.45) is -3.78. The number of aliphatic hydroxyl groups is 1. The van der Waals surface area contributed by atoms with Gasteiger partial charge >= 0.3 is 6.18 Å². The van der Waals surface area contributed by atoms with Gasteiger partial charge in [-0.25, -0.2) is 9.97 Å². The summed E-state index contributed by atoms with van der Waals surface area (Å²) < 4.78 is 39.7. The molecule has 1 unspecified atom stereocenters. The summed E-state index contributed by atoms with van der Waals surface area (Å²) in [5, 5.41) is 16.5. The molecule has 1 atom stereocenters. The van der Waals surface area contributed by atoms with Gasteiger partial charge in [-0.05, 0) is 31.4 Å². The SMILES string of the molecule is Cc1cc(Nc2ncnc(N)c2Cl)c(=O)n2c1C(O)NC21CCN(CC(F)(F)F)CC1. The number of aliphatic hydroxyl groups excluding tert-OH is 1. The number of pyridine rings is 1. The zero-order valence-corrected chi connectivity index (χ0v) is 17.3. The number of aryl methyl sites for hydroxylation is 1. The van der Waals surface area contributed by atoms with E-state index >= 15 is 0 Å². The van der Waals surface area contributed by atoms with Gasteiger partial charge < -0.3 is 16.2 Å². The first kappa shape index (κ1) is 21.8. The molecule has 0 saturated carbocycles. The van der Waals surface area contributed by atoms with E-state index in [0.29, 0.717) is 11.3 Å². The van der Waals surface area contributed by atoms with Crippen molar-refractivity contribution in [2.75, 3.05) is 30.7 Å². The summed E-state index contributed by atoms with van der Waals surface area (Å²) in [5.41, 5.74) is 5.38. The van der Waals surface area contributed by atoms with Gasteiger partial charge in [0.2, 0.25) is 0 Å². The molecular formula is C18H21ClF3N7O2. The number of piperidine rings is 1. The highest BCUT2D eigenvalue weighted by molar-refractivity contribution is 6.35. The predicted molar refractivity (Wildman–Crippen MR) is 108 cm³/mol. The number of alkyl halides is 3. The van der Waals surface area contributed by atoms with Crippen LogP contribution in [0.1, 0.15) is 30.3 Å². The lowest BCUT2D eigenvalue weighted by atomic mass is 9.96. The van der Waals surface area contributed by atoms with Gasteiger partial charge in [0.25, 0.3) is 5.56 Å². The minimum absolute atomic E-state index is 0.0442. The smallest absolute Gasteiger partial charge is 0.382 e. The van der Waals surface area contributed by atoms with Crippen molar-refractivity contribution in [2.24, 2.45) is 0 Å². The van der Waals surface area contributed by atoms with Crippen LogP contribution in [-0.4, -0.2) is 50.4 Å². The molecule has 168 valence electrons. The molecule has 0 amide bonds. The van der Waals surface area contributed by atoms with E-state index in [-0.39, 0.29) is 48.3 Å². The molecule has 0 aliphatic carbocycles. The summed E-state index contributed by atoms with van der Waals surface area (Å²) in [6.45, 7) is 0.961. The largest absolute Gasteiger partial charge is 0.401 e. The Bertz CT molecular complexity index is 1070. The van der Waals surface area contributed by atoms with E-state index in [9.17, 15) is 23.1 Å². The van der Waals surface area contributed by atoms with Gasteiger partial charge in [-0.15, -0.1) is 0 Å². The van der Waals surface area contributed by atoms with Gasteiger partial charge in [0.15, 0.2) is 5.82 Å². The van der Waals surface area contributed by atoms with Crippen LogP contribution in [0.4, 0.5) is 30.5 Å². The fraction of sp³-hybridized carbons (Fsp3) is 0.500. The summed E-state index contributed by atoms with van der Waals surface area (Å²) in [7, 11) is 0. The summed E-state index contributed by atoms with van der Waals surface area (Å²) in [5.74, 6) is 0.189. The lowest BCUT2D eigenvalue weighted by Gasteiger charge is -2.41. The molecule has 2 aromatic heterocycles. The molecule has 1 saturated heterocycles. The maximum Gasteiger partial charge on any atom is 0.401 e. The van der Waals surface area contributed by atoms with Gasteiger partial charge in [-0.1, -0.05) is 11.6 Å². The zero-order chi connectivity index (χ0) is 22.6. The number of nitrogens with two attached hydrogens (primary N) is 1. The third-order valence-electron chi connectivity index (χ3n) is 5.69. The van der Waals surface area contributed by atoms with E-state index in [1.807, 2.05) is 0 Å². The second kappa shape index (κ2) is 7.62. The monoisotopic (exact) mass is 459 g/mol. The Morgan fingerprint density at radius 2 is 2.06 bits per heavy atom. The topological polar surface area (TPSA) is 121 Å².